The molecule has 2 aromatic heterocycles. The molecule has 39 heavy (non-hydrogen) atoms. The van der Waals surface area contributed by atoms with Crippen molar-refractivity contribution in [3.8, 4) is 17.0 Å². The number of alkyl halides is 3. The van der Waals surface area contributed by atoms with Gasteiger partial charge < -0.3 is 15.8 Å². The molecule has 5 rings (SSSR count). The Morgan fingerprint density at radius 1 is 1.18 bits per heavy atom. The molecule has 0 unspecified atom stereocenters. The highest BCUT2D eigenvalue weighted by atomic mass is 19.4. The predicted octanol–water partition coefficient (Wildman–Crippen LogP) is 5.19. The van der Waals surface area contributed by atoms with Crippen LogP contribution in [-0.2, 0) is 6.18 Å². The Morgan fingerprint density at radius 3 is 2.64 bits per heavy atom. The fraction of sp³-hybridized carbons (Fsp3) is 0.259. The van der Waals surface area contributed by atoms with E-state index in [2.05, 4.69) is 15.4 Å². The number of benzene rings is 2. The maximum atomic E-state index is 14.5. The van der Waals surface area contributed by atoms with Gasteiger partial charge in [-0.15, -0.1) is 0 Å². The molecule has 0 saturated heterocycles. The lowest BCUT2D eigenvalue weighted by Gasteiger charge is -2.18. The molecular weight excluding hydrogens is 518 g/mol. The van der Waals surface area contributed by atoms with Crippen LogP contribution in [0.5, 0.6) is 5.88 Å². The van der Waals surface area contributed by atoms with E-state index in [9.17, 15) is 27.2 Å². The highest BCUT2D eigenvalue weighted by molar-refractivity contribution is 6.05. The summed E-state index contributed by atoms with van der Waals surface area (Å²) in [5.74, 6) is -2.80. The van der Waals surface area contributed by atoms with Gasteiger partial charge in [0.2, 0.25) is 5.88 Å². The van der Waals surface area contributed by atoms with E-state index in [1.807, 2.05) is 0 Å². The molecule has 8 nitrogen and oxygen atoms in total. The number of nitrogens with two attached hydrogens (primary N) is 1. The zero-order valence-corrected chi connectivity index (χ0v) is 20.3. The first-order chi connectivity index (χ1) is 19.5. The molecule has 2 amide bonds. The summed E-state index contributed by atoms with van der Waals surface area (Å²) in [6.07, 6.45) is -1.55. The molecule has 2 aromatic carbocycles. The fourth-order valence-electron chi connectivity index (χ4n) is 4.28. The number of fused-ring (bicyclic) bond motifs is 1. The standard InChI is InChI=1S/C27H23F4N5O3/c1-13(19-11-16(27(29,30)31)4-8-21(19)28)34-25(38)20-9-15(12-33-26(20)39-2)14-3-7-18-22(10-14)36(17-5-6-17)35-23(18)24(32)37/h3-4,7-13,17H,5-6H2,1-2H3,(H2,32,37)(H,34,38)/t13-/m0/s1/i1D,2D. The zero-order chi connectivity index (χ0) is 29.5. The molecular formula is C27H23F4N5O3. The molecule has 1 saturated carbocycles. The van der Waals surface area contributed by atoms with Gasteiger partial charge in [0, 0.05) is 24.1 Å². The van der Waals surface area contributed by atoms with Crippen LogP contribution in [-0.4, -0.2) is 33.7 Å². The number of pyridine rings is 1. The second kappa shape index (κ2) is 9.68. The van der Waals surface area contributed by atoms with Crippen molar-refractivity contribution >= 4 is 22.7 Å². The highest BCUT2D eigenvalue weighted by Crippen LogP contribution is 2.39. The number of methoxy groups -OCH3 is 1. The van der Waals surface area contributed by atoms with Crippen LogP contribution in [0, 0.1) is 5.82 Å². The normalized spacial score (nSPS) is 15.0. The van der Waals surface area contributed by atoms with E-state index in [0.29, 0.717) is 40.2 Å². The van der Waals surface area contributed by atoms with Gasteiger partial charge >= 0.3 is 6.18 Å². The smallest absolute Gasteiger partial charge is 0.416 e. The van der Waals surface area contributed by atoms with E-state index in [1.54, 1.807) is 22.9 Å². The van der Waals surface area contributed by atoms with Gasteiger partial charge in [-0.25, -0.2) is 9.37 Å². The maximum absolute atomic E-state index is 14.5. The average molecular weight is 544 g/mol. The summed E-state index contributed by atoms with van der Waals surface area (Å²) in [6.45, 7) is -0.657. The second-order valence-electron chi connectivity index (χ2n) is 9.10. The van der Waals surface area contributed by atoms with Crippen molar-refractivity contribution in [1.82, 2.24) is 20.1 Å². The van der Waals surface area contributed by atoms with E-state index in [1.165, 1.54) is 12.3 Å². The summed E-state index contributed by atoms with van der Waals surface area (Å²) in [7, 11) is -0.584. The summed E-state index contributed by atoms with van der Waals surface area (Å²) in [5.41, 5.74) is 5.53. The maximum Gasteiger partial charge on any atom is 0.416 e. The molecule has 0 radical (unpaired) electrons. The number of primary amides is 1. The number of aromatic nitrogens is 3. The molecule has 12 heteroatoms. The van der Waals surface area contributed by atoms with Crippen LogP contribution in [0.15, 0.2) is 48.7 Å². The topological polar surface area (TPSA) is 112 Å². The van der Waals surface area contributed by atoms with Crippen LogP contribution < -0.4 is 15.8 Å². The van der Waals surface area contributed by atoms with Gasteiger partial charge in [0.25, 0.3) is 11.8 Å². The molecule has 4 aromatic rings. The van der Waals surface area contributed by atoms with Crippen LogP contribution in [0.2, 0.25) is 0 Å². The quantitative estimate of drug-likeness (QED) is 0.312. The number of ether oxygens (including phenoxy) is 1. The molecule has 1 aliphatic carbocycles. The average Bonchev–Trinajstić information content (AvgIpc) is 3.71. The third kappa shape index (κ3) is 5.01. The Kier molecular flexibility index (Phi) is 5.86. The minimum atomic E-state index is -4.75. The number of halogens is 4. The zero-order valence-electron chi connectivity index (χ0n) is 22.3. The van der Waals surface area contributed by atoms with Gasteiger partial charge in [0.15, 0.2) is 5.69 Å². The van der Waals surface area contributed by atoms with E-state index in [0.717, 1.165) is 12.8 Å². The minimum absolute atomic E-state index is 0.131. The Morgan fingerprint density at radius 2 is 1.97 bits per heavy atom. The molecule has 3 N–H and O–H groups in total. The Hall–Kier alpha value is -4.48. The third-order valence-electron chi connectivity index (χ3n) is 6.40. The molecule has 1 aliphatic rings. The number of amides is 2. The highest BCUT2D eigenvalue weighted by Gasteiger charge is 2.32. The van der Waals surface area contributed by atoms with Gasteiger partial charge in [-0.3, -0.25) is 14.3 Å². The molecule has 0 aliphatic heterocycles. The van der Waals surface area contributed by atoms with Crippen molar-refractivity contribution in [3.63, 3.8) is 0 Å². The number of hydrogen-bond donors (Lipinski definition) is 2. The first kappa shape index (κ1) is 23.6. The summed E-state index contributed by atoms with van der Waals surface area (Å²) in [4.78, 5) is 29.4. The fourth-order valence-corrected chi connectivity index (χ4v) is 4.28. The first-order valence-electron chi connectivity index (χ1n) is 13.1. The lowest BCUT2D eigenvalue weighted by atomic mass is 10.0. The lowest BCUT2D eigenvalue weighted by molar-refractivity contribution is -0.137. The van der Waals surface area contributed by atoms with Crippen molar-refractivity contribution in [3.05, 3.63) is 76.9 Å². The van der Waals surface area contributed by atoms with Gasteiger partial charge in [-0.05, 0) is 61.7 Å². The van der Waals surface area contributed by atoms with Gasteiger partial charge in [-0.2, -0.15) is 18.3 Å². The van der Waals surface area contributed by atoms with Crippen molar-refractivity contribution < 1.29 is 34.6 Å². The predicted molar refractivity (Wildman–Crippen MR) is 134 cm³/mol. The van der Waals surface area contributed by atoms with E-state index in [4.69, 9.17) is 13.2 Å². The Balaban J connectivity index is 1.51. The Bertz CT molecular complexity index is 1660. The van der Waals surface area contributed by atoms with Crippen molar-refractivity contribution in [2.75, 3.05) is 7.09 Å². The number of nitrogens with zero attached hydrogens (tertiary/aromatic N) is 3. The molecule has 0 spiro atoms. The SMILES string of the molecule is [2H]COc1ncc(-c2ccc3c(C(N)=O)nn(C4CC4)c3c2)cc1C(=O)N[C@@H](C[2H])c1cc(C(F)(F)F)ccc1F. The number of carbonyl (C=O) groups excluding carboxylic acids is 2. The van der Waals surface area contributed by atoms with E-state index < -0.39 is 55.0 Å². The van der Waals surface area contributed by atoms with Crippen LogP contribution >= 0.6 is 0 Å². The van der Waals surface area contributed by atoms with Gasteiger partial charge in [-0.1, -0.05) is 6.07 Å². The minimum Gasteiger partial charge on any atom is -0.480 e. The van der Waals surface area contributed by atoms with Crippen molar-refractivity contribution in [2.24, 2.45) is 5.73 Å². The largest absolute Gasteiger partial charge is 0.480 e. The van der Waals surface area contributed by atoms with E-state index in [-0.39, 0.29) is 23.2 Å². The molecule has 202 valence electrons. The van der Waals surface area contributed by atoms with Gasteiger partial charge in [0.05, 0.1) is 31.6 Å². The van der Waals surface area contributed by atoms with Crippen LogP contribution in [0.1, 0.15) is 66.5 Å². The van der Waals surface area contributed by atoms with Crippen molar-refractivity contribution in [1.29, 1.82) is 0 Å². The summed E-state index contributed by atoms with van der Waals surface area (Å²) in [6, 6.07) is 7.01. The third-order valence-corrected chi connectivity index (χ3v) is 6.40. The number of rotatable bonds is 7. The number of hydrogen-bond acceptors (Lipinski definition) is 5. The van der Waals surface area contributed by atoms with Crippen molar-refractivity contribution in [2.45, 2.75) is 38.0 Å². The molecule has 1 atom stereocenters. The van der Waals surface area contributed by atoms with Crippen LogP contribution in [0.4, 0.5) is 17.6 Å². The van der Waals surface area contributed by atoms with Gasteiger partial charge in [0.1, 0.15) is 11.4 Å². The monoisotopic (exact) mass is 543 g/mol. The number of carbonyl (C=O) groups is 2. The van der Waals surface area contributed by atoms with E-state index >= 15 is 0 Å². The number of nitrogens with one attached hydrogen (secondary N) is 1. The first-order valence-corrected chi connectivity index (χ1v) is 11.7. The summed E-state index contributed by atoms with van der Waals surface area (Å²) >= 11 is 0. The molecule has 0 bridgehead atoms. The summed E-state index contributed by atoms with van der Waals surface area (Å²) in [5, 5.41) is 7.33. The molecule has 2 heterocycles. The van der Waals surface area contributed by atoms with Crippen LogP contribution in [0.25, 0.3) is 22.0 Å². The lowest BCUT2D eigenvalue weighted by Crippen LogP contribution is -2.28. The van der Waals surface area contributed by atoms with Crippen LogP contribution in [0.3, 0.4) is 0 Å². The summed E-state index contributed by atoms with van der Waals surface area (Å²) < 4.78 is 76.2. The molecule has 1 fully saturated rings. The second-order valence-corrected chi connectivity index (χ2v) is 9.10. The Labute approximate surface area is 222 Å².